The maximum absolute atomic E-state index is 14.6. The van der Waals surface area contributed by atoms with Crippen LogP contribution < -0.4 is 19.5 Å². The van der Waals surface area contributed by atoms with E-state index in [1.54, 1.807) is 30.4 Å². The lowest BCUT2D eigenvalue weighted by atomic mass is 9.59. The van der Waals surface area contributed by atoms with Crippen LogP contribution in [0.25, 0.3) is 0 Å². The van der Waals surface area contributed by atoms with Gasteiger partial charge in [-0.25, -0.2) is 4.79 Å². The molecule has 6 atom stereocenters. The zero-order valence-electron chi connectivity index (χ0n) is 24.9. The summed E-state index contributed by atoms with van der Waals surface area (Å²) >= 11 is 0. The lowest BCUT2D eigenvalue weighted by Gasteiger charge is -2.44. The number of carbonyl (C=O) groups is 2. The Morgan fingerprint density at radius 3 is 2.25 bits per heavy atom. The summed E-state index contributed by atoms with van der Waals surface area (Å²) in [6.07, 6.45) is 1.98. The number of allylic oxidation sites excluding steroid dienone is 2. The number of carbonyl (C=O) groups excluding carboxylic acids is 2. The maximum Gasteiger partial charge on any atom is 0.337 e. The van der Waals surface area contributed by atoms with Crippen molar-refractivity contribution >= 4 is 17.4 Å². The summed E-state index contributed by atoms with van der Waals surface area (Å²) in [5.41, 5.74) is -0.0321. The topological polar surface area (TPSA) is 125 Å². The van der Waals surface area contributed by atoms with Gasteiger partial charge < -0.3 is 38.8 Å². The van der Waals surface area contributed by atoms with Gasteiger partial charge >= 0.3 is 5.97 Å². The van der Waals surface area contributed by atoms with Gasteiger partial charge in [0.25, 0.3) is 0 Å². The smallest absolute Gasteiger partial charge is 0.337 e. The Morgan fingerprint density at radius 1 is 0.932 bits per heavy atom. The Morgan fingerprint density at radius 2 is 1.59 bits per heavy atom. The summed E-state index contributed by atoms with van der Waals surface area (Å²) in [6, 6.07) is 4.34. The molecule has 10 heteroatoms. The highest BCUT2D eigenvalue weighted by atomic mass is 16.6. The van der Waals surface area contributed by atoms with Crippen molar-refractivity contribution < 1.29 is 43.1 Å². The molecule has 3 aliphatic carbocycles. The zero-order chi connectivity index (χ0) is 31.1. The average molecular weight is 596 g/mol. The summed E-state index contributed by atoms with van der Waals surface area (Å²) in [5, 5.41) is 15.4. The summed E-state index contributed by atoms with van der Waals surface area (Å²) in [6.45, 7) is 1.87. The van der Waals surface area contributed by atoms with Gasteiger partial charge in [-0.15, -0.1) is 0 Å². The molecule has 10 nitrogen and oxygen atoms in total. The molecule has 0 aromatic heterocycles. The molecule has 2 aromatic carbocycles. The van der Waals surface area contributed by atoms with E-state index in [1.165, 1.54) is 35.5 Å². The molecule has 44 heavy (non-hydrogen) atoms. The number of hydrogen-bond donors (Lipinski definition) is 2. The van der Waals surface area contributed by atoms with Gasteiger partial charge in [0.15, 0.2) is 5.78 Å². The third kappa shape index (κ3) is 3.14. The van der Waals surface area contributed by atoms with Crippen molar-refractivity contribution in [3.63, 3.8) is 0 Å². The van der Waals surface area contributed by atoms with E-state index in [4.69, 9.17) is 28.4 Å². The quantitative estimate of drug-likeness (QED) is 0.303. The number of esters is 1. The molecule has 0 amide bonds. The molecule has 5 aliphatic rings. The largest absolute Gasteiger partial charge is 0.499 e. The van der Waals surface area contributed by atoms with Gasteiger partial charge in [0.2, 0.25) is 0 Å². The number of rotatable bonds is 5. The molecule has 224 valence electrons. The van der Waals surface area contributed by atoms with E-state index in [0.717, 1.165) is 0 Å². The van der Waals surface area contributed by atoms with Crippen LogP contribution in [-0.4, -0.2) is 64.1 Å². The second kappa shape index (κ2) is 9.55. The molecule has 0 spiro atoms. The minimum absolute atomic E-state index is 0.181. The Hall–Kier alpha value is -4.90. The number of aliphatic hydroxyl groups excluding tert-OH is 1. The summed E-state index contributed by atoms with van der Waals surface area (Å²) < 4.78 is 35.0. The van der Waals surface area contributed by atoms with E-state index < -0.39 is 46.9 Å². The number of anilines is 1. The van der Waals surface area contributed by atoms with Crippen LogP contribution in [0.2, 0.25) is 0 Å². The van der Waals surface area contributed by atoms with E-state index in [1.807, 2.05) is 6.92 Å². The number of benzene rings is 2. The van der Waals surface area contributed by atoms with Gasteiger partial charge in [-0.2, -0.15) is 0 Å². The van der Waals surface area contributed by atoms with Crippen molar-refractivity contribution in [1.29, 1.82) is 0 Å². The minimum Gasteiger partial charge on any atom is -0.499 e. The fraction of sp³-hybridized carbons (Fsp3) is 0.353. The average Bonchev–Trinajstić information content (AvgIpc) is 3.77. The molecule has 2 heterocycles. The Balaban J connectivity index is 1.58. The predicted octanol–water partition coefficient (Wildman–Crippen LogP) is 3.01. The first-order valence-electron chi connectivity index (χ1n) is 14.0. The molecule has 1 saturated heterocycles. The minimum atomic E-state index is -1.29. The van der Waals surface area contributed by atoms with Crippen molar-refractivity contribution in [2.75, 3.05) is 40.9 Å². The summed E-state index contributed by atoms with van der Waals surface area (Å²) in [4.78, 5) is 27.8. The Bertz CT molecular complexity index is 1870. The first-order valence-corrected chi connectivity index (χ1v) is 14.0. The highest BCUT2D eigenvalue weighted by Crippen LogP contribution is 2.74. The van der Waals surface area contributed by atoms with E-state index in [0.29, 0.717) is 28.3 Å². The predicted molar refractivity (Wildman–Crippen MR) is 156 cm³/mol. The standard InChI is InChI=1S/C34H29NO9/c1-16-23(32(38)43-6)31(42-5)17-11-9-7-8-10-12-22-33(16)34(17,44-33)18-15-21(41-4)26-27(28(18)35-22)30(37)25-20(40-3)14-13-19(39-2)24(25)29(26)36/h7-8,13-17,22,29,35-36H,1-6H3/b8-7-/t16-,17+,22-,29?,33-,34+/m0/s1. The molecule has 7 rings (SSSR count). The Labute approximate surface area is 253 Å². The molecule has 2 aromatic rings. The number of fused-ring (bicyclic) bond motifs is 4. The van der Waals surface area contributed by atoms with Crippen LogP contribution in [-0.2, 0) is 24.6 Å². The monoisotopic (exact) mass is 595 g/mol. The first kappa shape index (κ1) is 27.9. The number of aliphatic hydroxyl groups is 1. The zero-order valence-corrected chi connectivity index (χ0v) is 24.9. The number of hydrogen-bond acceptors (Lipinski definition) is 10. The van der Waals surface area contributed by atoms with Gasteiger partial charge in [-0.3, -0.25) is 4.79 Å². The summed E-state index contributed by atoms with van der Waals surface area (Å²) in [5.74, 6) is 11.5. The van der Waals surface area contributed by atoms with Crippen LogP contribution in [0, 0.1) is 35.5 Å². The lowest BCUT2D eigenvalue weighted by Crippen LogP contribution is -2.55. The SMILES string of the molecule is COC(=O)C1=C(OC)[C@H]2C#C/C=C\C#C[C@@H]3Nc4c(cc(OC)c5c4C(=O)c4c(OC)ccc(OC)c4C5O)[C@]24O[C@@]34[C@H]1C. The molecule has 1 fully saturated rings. The maximum atomic E-state index is 14.6. The van der Waals surface area contributed by atoms with Crippen LogP contribution in [0.1, 0.15) is 45.6 Å². The molecule has 2 aliphatic heterocycles. The molecular weight excluding hydrogens is 566 g/mol. The number of methoxy groups -OCH3 is 5. The van der Waals surface area contributed by atoms with E-state index in [-0.39, 0.29) is 33.8 Å². The number of ketones is 1. The van der Waals surface area contributed by atoms with Gasteiger partial charge in [0.05, 0.1) is 57.9 Å². The molecule has 2 N–H and O–H groups in total. The molecule has 1 unspecified atom stereocenters. The van der Waals surface area contributed by atoms with Crippen molar-refractivity contribution in [1.82, 2.24) is 0 Å². The lowest BCUT2D eigenvalue weighted by molar-refractivity contribution is -0.137. The fourth-order valence-corrected chi connectivity index (χ4v) is 7.67. The van der Waals surface area contributed by atoms with Crippen LogP contribution >= 0.6 is 0 Å². The van der Waals surface area contributed by atoms with Crippen molar-refractivity contribution in [2.24, 2.45) is 11.8 Å². The third-order valence-electron chi connectivity index (χ3n) is 9.48. The van der Waals surface area contributed by atoms with Crippen LogP contribution in [0.4, 0.5) is 5.69 Å². The second-order valence-corrected chi connectivity index (χ2v) is 11.0. The molecule has 4 bridgehead atoms. The van der Waals surface area contributed by atoms with E-state index >= 15 is 0 Å². The van der Waals surface area contributed by atoms with E-state index in [9.17, 15) is 14.7 Å². The second-order valence-electron chi connectivity index (χ2n) is 11.0. The van der Waals surface area contributed by atoms with Gasteiger partial charge in [0, 0.05) is 22.6 Å². The molecular formula is C34H29NO9. The van der Waals surface area contributed by atoms with Gasteiger partial charge in [-0.05, 0) is 30.4 Å². The third-order valence-corrected chi connectivity index (χ3v) is 9.48. The first-order chi connectivity index (χ1) is 21.3. The normalized spacial score (nSPS) is 30.2. The number of nitrogens with one attached hydrogen (secondary N) is 1. The Kier molecular flexibility index (Phi) is 6.06. The van der Waals surface area contributed by atoms with Gasteiger partial charge in [0.1, 0.15) is 52.3 Å². The van der Waals surface area contributed by atoms with Crippen molar-refractivity contribution in [3.05, 3.63) is 69.5 Å². The number of ether oxygens (including phenoxy) is 6. The number of epoxide rings is 1. The van der Waals surface area contributed by atoms with Crippen LogP contribution in [0.5, 0.6) is 17.2 Å². The summed E-state index contributed by atoms with van der Waals surface area (Å²) in [7, 11) is 7.21. The van der Waals surface area contributed by atoms with Gasteiger partial charge in [-0.1, -0.05) is 30.6 Å². The fourth-order valence-electron chi connectivity index (χ4n) is 7.67. The molecule has 0 radical (unpaired) electrons. The highest BCUT2D eigenvalue weighted by Gasteiger charge is 2.85. The van der Waals surface area contributed by atoms with E-state index in [2.05, 4.69) is 29.0 Å². The van der Waals surface area contributed by atoms with Crippen LogP contribution in [0.3, 0.4) is 0 Å². The molecule has 0 saturated carbocycles. The van der Waals surface area contributed by atoms with Crippen molar-refractivity contribution in [2.45, 2.75) is 30.3 Å². The van der Waals surface area contributed by atoms with Crippen LogP contribution in [0.15, 0.2) is 41.7 Å². The highest BCUT2D eigenvalue weighted by molar-refractivity contribution is 6.19. The van der Waals surface area contributed by atoms with Crippen molar-refractivity contribution in [3.8, 4) is 40.9 Å².